The van der Waals surface area contributed by atoms with E-state index in [0.29, 0.717) is 0 Å². The van der Waals surface area contributed by atoms with Crippen LogP contribution in [0.5, 0.6) is 0 Å². The minimum absolute atomic E-state index is 0.0868. The van der Waals surface area contributed by atoms with Crippen LogP contribution in [0.1, 0.15) is 4.88 Å². The molecule has 2 rings (SSSR count). The van der Waals surface area contributed by atoms with Gasteiger partial charge in [0.05, 0.1) is 17.7 Å². The lowest BCUT2D eigenvalue weighted by Crippen LogP contribution is -2.36. The molecule has 0 radical (unpaired) electrons. The van der Waals surface area contributed by atoms with Crippen LogP contribution in [-0.4, -0.2) is 38.4 Å². The van der Waals surface area contributed by atoms with E-state index in [1.54, 1.807) is 0 Å². The maximum absolute atomic E-state index is 12.9. The number of rotatable bonds is 6. The van der Waals surface area contributed by atoms with Crippen molar-refractivity contribution in [1.29, 1.82) is 0 Å². The van der Waals surface area contributed by atoms with E-state index in [9.17, 15) is 17.6 Å². The summed E-state index contributed by atoms with van der Waals surface area (Å²) in [6.07, 6.45) is 1.47. The second kappa shape index (κ2) is 7.44. The van der Waals surface area contributed by atoms with Crippen LogP contribution in [0.2, 0.25) is 0 Å². The van der Waals surface area contributed by atoms with Gasteiger partial charge in [-0.15, -0.1) is 11.3 Å². The van der Waals surface area contributed by atoms with E-state index in [0.717, 1.165) is 33.4 Å². The molecule has 1 aromatic heterocycles. The highest BCUT2D eigenvalue weighted by Crippen LogP contribution is 2.14. The SMILES string of the molecule is CN(CC(=O)N/N=C\c1cccs1)S(=O)(=O)c1ccc(F)cc1. The number of halogens is 1. The molecule has 1 N–H and O–H groups in total. The fourth-order valence-corrected chi connectivity index (χ4v) is 3.35. The molecule has 1 heterocycles. The zero-order chi connectivity index (χ0) is 16.9. The predicted molar refractivity (Wildman–Crippen MR) is 86.3 cm³/mol. The molecule has 0 saturated carbocycles. The molecule has 2 aromatic rings. The molecule has 0 saturated heterocycles. The number of benzene rings is 1. The number of nitrogens with zero attached hydrogens (tertiary/aromatic N) is 2. The summed E-state index contributed by atoms with van der Waals surface area (Å²) in [6.45, 7) is -0.401. The highest BCUT2D eigenvalue weighted by atomic mass is 32.2. The monoisotopic (exact) mass is 355 g/mol. The number of carbonyl (C=O) groups is 1. The van der Waals surface area contributed by atoms with E-state index in [1.807, 2.05) is 17.5 Å². The molecule has 0 aliphatic heterocycles. The molecular weight excluding hydrogens is 341 g/mol. The van der Waals surface area contributed by atoms with Gasteiger partial charge in [0.25, 0.3) is 5.91 Å². The normalized spacial score (nSPS) is 12.0. The first kappa shape index (κ1) is 17.3. The van der Waals surface area contributed by atoms with E-state index in [2.05, 4.69) is 10.5 Å². The number of amides is 1. The van der Waals surface area contributed by atoms with Crippen molar-refractivity contribution in [2.24, 2.45) is 5.10 Å². The number of hydrogen-bond acceptors (Lipinski definition) is 5. The number of hydrazone groups is 1. The van der Waals surface area contributed by atoms with Crippen LogP contribution < -0.4 is 5.43 Å². The van der Waals surface area contributed by atoms with Crippen LogP contribution in [0.4, 0.5) is 4.39 Å². The third-order valence-corrected chi connectivity index (χ3v) is 5.44. The molecule has 0 unspecified atom stereocenters. The smallest absolute Gasteiger partial charge is 0.255 e. The van der Waals surface area contributed by atoms with Crippen LogP contribution in [0.3, 0.4) is 0 Å². The van der Waals surface area contributed by atoms with Gasteiger partial charge < -0.3 is 0 Å². The van der Waals surface area contributed by atoms with Crippen molar-refractivity contribution >= 4 is 33.5 Å². The maximum Gasteiger partial charge on any atom is 0.255 e. The molecule has 0 spiro atoms. The second-order valence-corrected chi connectivity index (χ2v) is 7.55. The summed E-state index contributed by atoms with van der Waals surface area (Å²) >= 11 is 1.45. The lowest BCUT2D eigenvalue weighted by Gasteiger charge is -2.15. The molecule has 1 aromatic carbocycles. The lowest BCUT2D eigenvalue weighted by atomic mass is 10.4. The summed E-state index contributed by atoms with van der Waals surface area (Å²) in [5.41, 5.74) is 2.26. The Labute approximate surface area is 137 Å². The Hall–Kier alpha value is -2.10. The fraction of sp³-hybridized carbons (Fsp3) is 0.143. The van der Waals surface area contributed by atoms with Crippen molar-refractivity contribution < 1.29 is 17.6 Å². The van der Waals surface area contributed by atoms with Crippen LogP contribution in [-0.2, 0) is 14.8 Å². The van der Waals surface area contributed by atoms with E-state index in [1.165, 1.54) is 24.6 Å². The summed E-state index contributed by atoms with van der Waals surface area (Å²) in [4.78, 5) is 12.5. The van der Waals surface area contributed by atoms with Gasteiger partial charge in [-0.2, -0.15) is 9.41 Å². The topological polar surface area (TPSA) is 78.8 Å². The Morgan fingerprint density at radius 1 is 1.35 bits per heavy atom. The van der Waals surface area contributed by atoms with Crippen LogP contribution in [0, 0.1) is 5.82 Å². The number of nitrogens with one attached hydrogen (secondary N) is 1. The van der Waals surface area contributed by atoms with Gasteiger partial charge in [0, 0.05) is 11.9 Å². The molecule has 0 fully saturated rings. The highest BCUT2D eigenvalue weighted by molar-refractivity contribution is 7.89. The second-order valence-electron chi connectivity index (χ2n) is 4.52. The largest absolute Gasteiger partial charge is 0.272 e. The predicted octanol–water partition coefficient (Wildman–Crippen LogP) is 1.66. The van der Waals surface area contributed by atoms with Gasteiger partial charge in [0.15, 0.2) is 0 Å². The summed E-state index contributed by atoms with van der Waals surface area (Å²) in [6, 6.07) is 8.06. The summed E-state index contributed by atoms with van der Waals surface area (Å²) in [5, 5.41) is 5.62. The minimum atomic E-state index is -3.86. The summed E-state index contributed by atoms with van der Waals surface area (Å²) in [7, 11) is -2.60. The van der Waals surface area contributed by atoms with Gasteiger partial charge >= 0.3 is 0 Å². The van der Waals surface area contributed by atoms with Gasteiger partial charge in [-0.05, 0) is 35.7 Å². The average Bonchev–Trinajstić information content (AvgIpc) is 3.01. The minimum Gasteiger partial charge on any atom is -0.272 e. The van der Waals surface area contributed by atoms with Gasteiger partial charge in [-0.25, -0.2) is 18.2 Å². The van der Waals surface area contributed by atoms with Crippen LogP contribution >= 0.6 is 11.3 Å². The van der Waals surface area contributed by atoms with E-state index in [-0.39, 0.29) is 4.90 Å². The Balaban J connectivity index is 1.96. The van der Waals surface area contributed by atoms with Gasteiger partial charge in [0.2, 0.25) is 10.0 Å². The molecule has 0 bridgehead atoms. The van der Waals surface area contributed by atoms with Crippen molar-refractivity contribution in [2.45, 2.75) is 4.90 Å². The molecule has 0 aliphatic carbocycles. The Morgan fingerprint density at radius 2 is 2.04 bits per heavy atom. The number of thiophene rings is 1. The van der Waals surface area contributed by atoms with Gasteiger partial charge in [-0.3, -0.25) is 4.79 Å². The molecular formula is C14H14FN3O3S2. The zero-order valence-electron chi connectivity index (χ0n) is 12.1. The molecule has 9 heteroatoms. The molecule has 23 heavy (non-hydrogen) atoms. The standard InChI is InChI=1S/C14H14FN3O3S2/c1-18(23(20,21)13-6-4-11(15)5-7-13)10-14(19)17-16-9-12-3-2-8-22-12/h2-9H,10H2,1H3,(H,17,19)/b16-9-. The number of hydrogen-bond donors (Lipinski definition) is 1. The van der Waals surface area contributed by atoms with E-state index < -0.39 is 28.3 Å². The maximum atomic E-state index is 12.9. The Bertz CT molecular complexity index is 787. The molecule has 122 valence electrons. The third kappa shape index (κ3) is 4.68. The molecule has 0 atom stereocenters. The van der Waals surface area contributed by atoms with E-state index >= 15 is 0 Å². The Morgan fingerprint density at radius 3 is 2.65 bits per heavy atom. The quantitative estimate of drug-likeness (QED) is 0.632. The highest BCUT2D eigenvalue weighted by Gasteiger charge is 2.22. The first-order chi connectivity index (χ1) is 10.9. The van der Waals surface area contributed by atoms with Crippen molar-refractivity contribution in [2.75, 3.05) is 13.6 Å². The van der Waals surface area contributed by atoms with Crippen molar-refractivity contribution in [1.82, 2.24) is 9.73 Å². The number of carbonyl (C=O) groups excluding carboxylic acids is 1. The summed E-state index contributed by atoms with van der Waals surface area (Å²) in [5.74, 6) is -1.11. The molecule has 0 aliphatic rings. The average molecular weight is 355 g/mol. The van der Waals surface area contributed by atoms with Crippen molar-refractivity contribution in [3.05, 3.63) is 52.5 Å². The summed E-state index contributed by atoms with van der Waals surface area (Å²) < 4.78 is 38.2. The van der Waals surface area contributed by atoms with Crippen LogP contribution in [0.25, 0.3) is 0 Å². The lowest BCUT2D eigenvalue weighted by molar-refractivity contribution is -0.121. The first-order valence-electron chi connectivity index (χ1n) is 6.47. The molecule has 1 amide bonds. The van der Waals surface area contributed by atoms with E-state index in [4.69, 9.17) is 0 Å². The van der Waals surface area contributed by atoms with Crippen LogP contribution in [0.15, 0.2) is 51.8 Å². The number of likely N-dealkylation sites (N-methyl/N-ethyl adjacent to an activating group) is 1. The van der Waals surface area contributed by atoms with Gasteiger partial charge in [-0.1, -0.05) is 6.07 Å². The Kier molecular flexibility index (Phi) is 5.59. The first-order valence-corrected chi connectivity index (χ1v) is 8.79. The molecule has 6 nitrogen and oxygen atoms in total. The van der Waals surface area contributed by atoms with Gasteiger partial charge in [0.1, 0.15) is 5.82 Å². The number of sulfonamides is 1. The van der Waals surface area contributed by atoms with Crippen molar-refractivity contribution in [3.8, 4) is 0 Å². The fourth-order valence-electron chi connectivity index (χ4n) is 1.64. The van der Waals surface area contributed by atoms with Crippen molar-refractivity contribution in [3.63, 3.8) is 0 Å². The third-order valence-electron chi connectivity index (χ3n) is 2.81. The zero-order valence-corrected chi connectivity index (χ0v) is 13.8.